The number of aromatic nitrogens is 3. The summed E-state index contributed by atoms with van der Waals surface area (Å²) in [5.41, 5.74) is 2.01. The minimum Gasteiger partial charge on any atom is -0.305 e. The van der Waals surface area contributed by atoms with Gasteiger partial charge in [-0.05, 0) is 32.2 Å². The average Bonchev–Trinajstić information content (AvgIpc) is 3.13. The van der Waals surface area contributed by atoms with Crippen molar-refractivity contribution in [3.8, 4) is 0 Å². The Morgan fingerprint density at radius 3 is 3.04 bits per heavy atom. The second kappa shape index (κ2) is 6.80. The standard InChI is InChI=1S/C16H23N5OS/c1-4-10-5-6-12-13(7-10)23-16(19-12)20-15(22)14(17-2)11-8-18-21(3)9-11/h8-10,14,17H,4-7H2,1-3H3,(H,19,20,22). The topological polar surface area (TPSA) is 71.8 Å². The lowest BCUT2D eigenvalue weighted by molar-refractivity contribution is -0.118. The summed E-state index contributed by atoms with van der Waals surface area (Å²) in [5.74, 6) is 0.658. The van der Waals surface area contributed by atoms with Crippen molar-refractivity contribution in [3.05, 3.63) is 28.5 Å². The quantitative estimate of drug-likeness (QED) is 0.881. The molecule has 0 saturated heterocycles. The van der Waals surface area contributed by atoms with Gasteiger partial charge in [-0.2, -0.15) is 5.10 Å². The summed E-state index contributed by atoms with van der Waals surface area (Å²) >= 11 is 1.62. The highest BCUT2D eigenvalue weighted by molar-refractivity contribution is 7.15. The van der Waals surface area contributed by atoms with Crippen molar-refractivity contribution < 1.29 is 4.79 Å². The molecule has 0 fully saturated rings. The smallest absolute Gasteiger partial charge is 0.247 e. The van der Waals surface area contributed by atoms with Crippen molar-refractivity contribution in [2.45, 2.75) is 38.6 Å². The molecule has 2 atom stereocenters. The number of carbonyl (C=O) groups excluding carboxylic acids is 1. The van der Waals surface area contributed by atoms with Crippen molar-refractivity contribution >= 4 is 22.4 Å². The van der Waals surface area contributed by atoms with Crippen LogP contribution in [0.3, 0.4) is 0 Å². The maximum atomic E-state index is 12.5. The number of hydrogen-bond acceptors (Lipinski definition) is 5. The Hall–Kier alpha value is -1.73. The second-order valence-corrected chi connectivity index (χ2v) is 7.15. The molecule has 2 heterocycles. The van der Waals surface area contributed by atoms with Crippen LogP contribution < -0.4 is 10.6 Å². The third-order valence-electron chi connectivity index (χ3n) is 4.46. The van der Waals surface area contributed by atoms with E-state index in [1.165, 1.54) is 17.7 Å². The van der Waals surface area contributed by atoms with Gasteiger partial charge in [-0.3, -0.25) is 9.48 Å². The number of rotatable bonds is 5. The predicted octanol–water partition coefficient (Wildman–Crippen LogP) is 2.29. The van der Waals surface area contributed by atoms with Crippen molar-refractivity contribution in [2.24, 2.45) is 13.0 Å². The van der Waals surface area contributed by atoms with Crippen molar-refractivity contribution in [1.29, 1.82) is 0 Å². The maximum Gasteiger partial charge on any atom is 0.247 e. The lowest BCUT2D eigenvalue weighted by Crippen LogP contribution is -2.30. The molecule has 3 rings (SSSR count). The van der Waals surface area contributed by atoms with Gasteiger partial charge in [-0.25, -0.2) is 4.98 Å². The molecule has 7 heteroatoms. The Labute approximate surface area is 140 Å². The maximum absolute atomic E-state index is 12.5. The highest BCUT2D eigenvalue weighted by Gasteiger charge is 2.24. The lowest BCUT2D eigenvalue weighted by Gasteiger charge is -2.18. The molecule has 6 nitrogen and oxygen atoms in total. The van der Waals surface area contributed by atoms with Crippen LogP contribution in [-0.4, -0.2) is 27.7 Å². The first-order valence-electron chi connectivity index (χ1n) is 8.06. The average molecular weight is 333 g/mol. The molecular formula is C16H23N5OS. The SMILES string of the molecule is CCC1CCc2nc(NC(=O)C(NC)c3cnn(C)c3)sc2C1. The number of anilines is 1. The molecule has 0 aromatic carbocycles. The van der Waals surface area contributed by atoms with E-state index in [9.17, 15) is 4.79 Å². The van der Waals surface area contributed by atoms with Gasteiger partial charge in [0, 0.05) is 23.7 Å². The normalized spacial score (nSPS) is 18.5. The molecular weight excluding hydrogens is 310 g/mol. The van der Waals surface area contributed by atoms with Gasteiger partial charge < -0.3 is 10.6 Å². The van der Waals surface area contributed by atoms with Gasteiger partial charge in [0.25, 0.3) is 0 Å². The third-order valence-corrected chi connectivity index (χ3v) is 5.49. The van der Waals surface area contributed by atoms with E-state index in [4.69, 9.17) is 0 Å². The fraction of sp³-hybridized carbons (Fsp3) is 0.562. The molecule has 0 spiro atoms. The summed E-state index contributed by atoms with van der Waals surface area (Å²) in [6.07, 6.45) is 8.09. The lowest BCUT2D eigenvalue weighted by atomic mass is 9.89. The Kier molecular flexibility index (Phi) is 4.77. The number of hydrogen-bond donors (Lipinski definition) is 2. The summed E-state index contributed by atoms with van der Waals surface area (Å²) in [5, 5.41) is 10.8. The van der Waals surface area contributed by atoms with Gasteiger partial charge in [0.15, 0.2) is 5.13 Å². The summed E-state index contributed by atoms with van der Waals surface area (Å²) < 4.78 is 1.69. The zero-order valence-corrected chi connectivity index (χ0v) is 14.6. The number of fused-ring (bicyclic) bond motifs is 1. The van der Waals surface area contributed by atoms with E-state index >= 15 is 0 Å². The van der Waals surface area contributed by atoms with E-state index in [0.717, 1.165) is 30.0 Å². The first-order valence-corrected chi connectivity index (χ1v) is 8.87. The molecule has 0 radical (unpaired) electrons. The largest absolute Gasteiger partial charge is 0.305 e. The summed E-state index contributed by atoms with van der Waals surface area (Å²) in [6, 6.07) is -0.423. The molecule has 1 amide bonds. The van der Waals surface area contributed by atoms with Crippen LogP contribution in [0, 0.1) is 5.92 Å². The number of nitrogens with zero attached hydrogens (tertiary/aromatic N) is 3. The minimum absolute atomic E-state index is 0.0985. The third kappa shape index (κ3) is 3.45. The molecule has 0 saturated carbocycles. The van der Waals surface area contributed by atoms with Gasteiger partial charge in [0.05, 0.1) is 11.9 Å². The zero-order valence-electron chi connectivity index (χ0n) is 13.8. The molecule has 1 aliphatic carbocycles. The van der Waals surface area contributed by atoms with Crippen LogP contribution in [0.1, 0.15) is 41.9 Å². The minimum atomic E-state index is -0.423. The van der Waals surface area contributed by atoms with Crippen molar-refractivity contribution in [1.82, 2.24) is 20.1 Å². The predicted molar refractivity (Wildman–Crippen MR) is 91.6 cm³/mol. The zero-order chi connectivity index (χ0) is 16.4. The van der Waals surface area contributed by atoms with Crippen LogP contribution >= 0.6 is 11.3 Å². The first-order chi connectivity index (χ1) is 11.1. The second-order valence-electron chi connectivity index (χ2n) is 6.06. The van der Waals surface area contributed by atoms with Gasteiger partial charge >= 0.3 is 0 Å². The monoisotopic (exact) mass is 333 g/mol. The molecule has 124 valence electrons. The Balaban J connectivity index is 1.71. The number of nitrogens with one attached hydrogen (secondary N) is 2. The van der Waals surface area contributed by atoms with Gasteiger partial charge in [-0.15, -0.1) is 11.3 Å². The Morgan fingerprint density at radius 2 is 2.39 bits per heavy atom. The molecule has 2 N–H and O–H groups in total. The fourth-order valence-electron chi connectivity index (χ4n) is 3.06. The van der Waals surface area contributed by atoms with Gasteiger partial charge in [-0.1, -0.05) is 13.3 Å². The van der Waals surface area contributed by atoms with Gasteiger partial charge in [0.1, 0.15) is 6.04 Å². The van der Waals surface area contributed by atoms with E-state index in [2.05, 4.69) is 27.6 Å². The Bertz CT molecular complexity index is 692. The van der Waals surface area contributed by atoms with Crippen LogP contribution in [0.4, 0.5) is 5.13 Å². The molecule has 23 heavy (non-hydrogen) atoms. The molecule has 2 aromatic rings. The van der Waals surface area contributed by atoms with E-state index in [1.807, 2.05) is 13.2 Å². The summed E-state index contributed by atoms with van der Waals surface area (Å²) in [6.45, 7) is 2.24. The Morgan fingerprint density at radius 1 is 1.57 bits per heavy atom. The van der Waals surface area contributed by atoms with Crippen molar-refractivity contribution in [3.63, 3.8) is 0 Å². The highest BCUT2D eigenvalue weighted by Crippen LogP contribution is 2.33. The van der Waals surface area contributed by atoms with Crippen LogP contribution in [0.2, 0.25) is 0 Å². The number of amides is 1. The number of carbonyl (C=O) groups is 1. The fourth-order valence-corrected chi connectivity index (χ4v) is 4.19. The van der Waals surface area contributed by atoms with Crippen LogP contribution in [0.5, 0.6) is 0 Å². The number of likely N-dealkylation sites (N-methyl/N-ethyl adjacent to an activating group) is 1. The highest BCUT2D eigenvalue weighted by atomic mass is 32.1. The van der Waals surface area contributed by atoms with Crippen molar-refractivity contribution in [2.75, 3.05) is 12.4 Å². The summed E-state index contributed by atoms with van der Waals surface area (Å²) in [4.78, 5) is 18.5. The van der Waals surface area contributed by atoms with E-state index in [1.54, 1.807) is 29.3 Å². The molecule has 0 aliphatic heterocycles. The molecule has 0 bridgehead atoms. The van der Waals surface area contributed by atoms with E-state index in [0.29, 0.717) is 5.13 Å². The summed E-state index contributed by atoms with van der Waals surface area (Å²) in [7, 11) is 3.61. The molecule has 2 aromatic heterocycles. The first kappa shape index (κ1) is 16.1. The number of thiazole rings is 1. The van der Waals surface area contributed by atoms with E-state index in [-0.39, 0.29) is 5.91 Å². The van der Waals surface area contributed by atoms with E-state index < -0.39 is 6.04 Å². The van der Waals surface area contributed by atoms with Gasteiger partial charge in [0.2, 0.25) is 5.91 Å². The van der Waals surface area contributed by atoms with Crippen LogP contribution in [0.15, 0.2) is 12.4 Å². The van der Waals surface area contributed by atoms with Crippen LogP contribution in [-0.2, 0) is 24.7 Å². The molecule has 1 aliphatic rings. The van der Waals surface area contributed by atoms with Crippen LogP contribution in [0.25, 0.3) is 0 Å². The number of aryl methyl sites for hydroxylation is 2. The molecule has 2 unspecified atom stereocenters.